The summed E-state index contributed by atoms with van der Waals surface area (Å²) in [5, 5.41) is 6.55. The molecular formula is C24H21N6+. The number of rotatable bonds is 3. The molecule has 0 unspecified atom stereocenters. The Morgan fingerprint density at radius 1 is 0.800 bits per heavy atom. The Hall–Kier alpha value is -4.19. The lowest BCUT2D eigenvalue weighted by Crippen LogP contribution is -2.32. The SMILES string of the molecule is C[n+]1ccc(Nc2ccc3c(c2)nc(-c2ccccc2)c2cc(N)ccc23)nc1N. The normalized spacial score (nSPS) is 11.1. The Labute approximate surface area is 173 Å². The van der Waals surface area contributed by atoms with Crippen LogP contribution in [0.1, 0.15) is 0 Å². The van der Waals surface area contributed by atoms with Crippen LogP contribution in [0.25, 0.3) is 32.9 Å². The maximum Gasteiger partial charge on any atom is 0.391 e. The van der Waals surface area contributed by atoms with Gasteiger partial charge in [-0.25, -0.2) is 9.55 Å². The molecule has 0 radical (unpaired) electrons. The summed E-state index contributed by atoms with van der Waals surface area (Å²) >= 11 is 0. The van der Waals surface area contributed by atoms with Gasteiger partial charge in [-0.2, -0.15) is 0 Å². The highest BCUT2D eigenvalue weighted by Gasteiger charge is 2.12. The van der Waals surface area contributed by atoms with E-state index < -0.39 is 0 Å². The molecule has 30 heavy (non-hydrogen) atoms. The van der Waals surface area contributed by atoms with Crippen molar-refractivity contribution in [1.82, 2.24) is 9.97 Å². The second-order valence-electron chi connectivity index (χ2n) is 7.27. The van der Waals surface area contributed by atoms with E-state index in [4.69, 9.17) is 16.5 Å². The molecule has 0 spiro atoms. The first kappa shape index (κ1) is 17.9. The third-order valence-corrected chi connectivity index (χ3v) is 5.19. The van der Waals surface area contributed by atoms with Gasteiger partial charge in [0.1, 0.15) is 0 Å². The van der Waals surface area contributed by atoms with Gasteiger partial charge in [0.25, 0.3) is 0 Å². The first-order chi connectivity index (χ1) is 14.6. The van der Waals surface area contributed by atoms with Gasteiger partial charge in [-0.3, -0.25) is 5.73 Å². The number of hydrogen-bond acceptors (Lipinski definition) is 5. The number of anilines is 4. The lowest BCUT2D eigenvalue weighted by molar-refractivity contribution is -0.659. The molecule has 0 aliphatic rings. The van der Waals surface area contributed by atoms with E-state index in [0.29, 0.717) is 11.8 Å². The van der Waals surface area contributed by atoms with Crippen molar-refractivity contribution in [3.8, 4) is 11.3 Å². The smallest absolute Gasteiger partial charge is 0.391 e. The minimum absolute atomic E-state index is 0.439. The number of pyridine rings is 1. The average Bonchev–Trinajstić information content (AvgIpc) is 2.76. The minimum Gasteiger partial charge on any atom is -0.399 e. The van der Waals surface area contributed by atoms with Gasteiger partial charge < -0.3 is 11.1 Å². The lowest BCUT2D eigenvalue weighted by atomic mass is 9.99. The van der Waals surface area contributed by atoms with E-state index in [-0.39, 0.29) is 0 Å². The molecule has 146 valence electrons. The van der Waals surface area contributed by atoms with E-state index in [9.17, 15) is 0 Å². The highest BCUT2D eigenvalue weighted by molar-refractivity contribution is 6.12. The van der Waals surface area contributed by atoms with Crippen LogP contribution in [0.5, 0.6) is 0 Å². The van der Waals surface area contributed by atoms with Crippen molar-refractivity contribution in [2.24, 2.45) is 7.05 Å². The maximum atomic E-state index is 6.09. The summed E-state index contributed by atoms with van der Waals surface area (Å²) in [6.07, 6.45) is 1.87. The number of aryl methyl sites for hydroxylation is 1. The molecule has 2 aromatic heterocycles. The number of nitrogens with two attached hydrogens (primary N) is 2. The number of hydrogen-bond donors (Lipinski definition) is 3. The summed E-state index contributed by atoms with van der Waals surface area (Å²) in [7, 11) is 1.86. The topological polar surface area (TPSA) is 93.7 Å². The third kappa shape index (κ3) is 3.14. The van der Waals surface area contributed by atoms with Gasteiger partial charge in [0.15, 0.2) is 0 Å². The summed E-state index contributed by atoms with van der Waals surface area (Å²) in [5.41, 5.74) is 16.5. The number of aromatic nitrogens is 3. The molecule has 6 nitrogen and oxygen atoms in total. The van der Waals surface area contributed by atoms with E-state index >= 15 is 0 Å². The number of nitrogen functional groups attached to an aromatic ring is 2. The second kappa shape index (κ2) is 7.00. The number of nitrogens with zero attached hydrogens (tertiary/aromatic N) is 3. The van der Waals surface area contributed by atoms with Crippen molar-refractivity contribution in [2.45, 2.75) is 0 Å². The predicted octanol–water partition coefficient (Wildman–Crippen LogP) is 4.18. The van der Waals surface area contributed by atoms with Crippen molar-refractivity contribution >= 4 is 44.8 Å². The Morgan fingerprint density at radius 3 is 2.40 bits per heavy atom. The third-order valence-electron chi connectivity index (χ3n) is 5.19. The number of fused-ring (bicyclic) bond motifs is 3. The molecule has 3 aromatic carbocycles. The van der Waals surface area contributed by atoms with Crippen molar-refractivity contribution in [3.05, 3.63) is 79.0 Å². The lowest BCUT2D eigenvalue weighted by Gasteiger charge is -2.12. The summed E-state index contributed by atoms with van der Waals surface area (Å²) in [6, 6.07) is 24.2. The molecule has 5 aromatic rings. The molecular weight excluding hydrogens is 372 g/mol. The fourth-order valence-electron chi connectivity index (χ4n) is 3.63. The minimum atomic E-state index is 0.439. The van der Waals surface area contributed by atoms with Gasteiger partial charge >= 0.3 is 5.95 Å². The fourth-order valence-corrected chi connectivity index (χ4v) is 3.63. The molecule has 0 fully saturated rings. The molecule has 0 aliphatic heterocycles. The molecule has 0 amide bonds. The Kier molecular flexibility index (Phi) is 4.17. The summed E-state index contributed by atoms with van der Waals surface area (Å²) < 4.78 is 1.76. The largest absolute Gasteiger partial charge is 0.399 e. The maximum absolute atomic E-state index is 6.09. The van der Waals surface area contributed by atoms with E-state index in [1.165, 1.54) is 0 Å². The molecule has 0 saturated carbocycles. The molecule has 0 bridgehead atoms. The first-order valence-corrected chi connectivity index (χ1v) is 9.66. The van der Waals surface area contributed by atoms with Gasteiger partial charge in [0, 0.05) is 33.8 Å². The molecule has 2 heterocycles. The van der Waals surface area contributed by atoms with Gasteiger partial charge in [0.2, 0.25) is 5.82 Å². The van der Waals surface area contributed by atoms with Gasteiger partial charge in [-0.15, -0.1) is 0 Å². The van der Waals surface area contributed by atoms with Crippen LogP contribution in [-0.2, 0) is 7.05 Å². The van der Waals surface area contributed by atoms with Crippen LogP contribution >= 0.6 is 0 Å². The van der Waals surface area contributed by atoms with Crippen LogP contribution < -0.4 is 21.4 Å². The average molecular weight is 393 g/mol. The fraction of sp³-hybridized carbons (Fsp3) is 0.0417. The monoisotopic (exact) mass is 393 g/mol. The Morgan fingerprint density at radius 2 is 1.60 bits per heavy atom. The van der Waals surface area contributed by atoms with Crippen LogP contribution in [0.4, 0.5) is 23.1 Å². The van der Waals surface area contributed by atoms with Crippen molar-refractivity contribution in [2.75, 3.05) is 16.8 Å². The van der Waals surface area contributed by atoms with Crippen LogP contribution in [-0.4, -0.2) is 9.97 Å². The van der Waals surface area contributed by atoms with Crippen LogP contribution in [0.3, 0.4) is 0 Å². The van der Waals surface area contributed by atoms with Crippen LogP contribution in [0, 0.1) is 0 Å². The van der Waals surface area contributed by atoms with Crippen molar-refractivity contribution < 1.29 is 4.57 Å². The molecule has 0 atom stereocenters. The highest BCUT2D eigenvalue weighted by Crippen LogP contribution is 2.34. The van der Waals surface area contributed by atoms with E-state index in [0.717, 1.165) is 44.3 Å². The summed E-state index contributed by atoms with van der Waals surface area (Å²) in [6.45, 7) is 0. The highest BCUT2D eigenvalue weighted by atomic mass is 15.1. The second-order valence-corrected chi connectivity index (χ2v) is 7.27. The zero-order valence-electron chi connectivity index (χ0n) is 16.5. The van der Waals surface area contributed by atoms with Gasteiger partial charge in [-0.1, -0.05) is 47.4 Å². The van der Waals surface area contributed by atoms with Gasteiger partial charge in [0.05, 0.1) is 24.5 Å². The van der Waals surface area contributed by atoms with Crippen LogP contribution in [0.15, 0.2) is 79.0 Å². The molecule has 5 N–H and O–H groups in total. The molecule has 0 aliphatic carbocycles. The molecule has 5 rings (SSSR count). The van der Waals surface area contributed by atoms with Crippen LogP contribution in [0.2, 0.25) is 0 Å². The zero-order chi connectivity index (χ0) is 20.7. The molecule has 6 heteroatoms. The molecule has 0 saturated heterocycles. The quantitative estimate of drug-likeness (QED) is 0.243. The van der Waals surface area contributed by atoms with E-state index in [1.54, 1.807) is 4.57 Å². The Balaban J connectivity index is 1.69. The summed E-state index contributed by atoms with van der Waals surface area (Å²) in [5.74, 6) is 1.12. The zero-order valence-corrected chi connectivity index (χ0v) is 16.5. The number of nitrogens with one attached hydrogen (secondary N) is 1. The standard InChI is InChI=1S/C24H20N6/c1-30-12-11-22(29-24(30)26)27-17-8-10-19-18-9-7-16(25)13-20(18)23(28-21(19)14-17)15-5-3-2-4-6-15/h2-14H,25H2,1H3,(H2,26,27,28,29)/p+1. The van der Waals surface area contributed by atoms with Crippen molar-refractivity contribution in [3.63, 3.8) is 0 Å². The summed E-state index contributed by atoms with van der Waals surface area (Å²) in [4.78, 5) is 9.37. The first-order valence-electron chi connectivity index (χ1n) is 9.66. The van der Waals surface area contributed by atoms with Gasteiger partial charge in [-0.05, 0) is 29.7 Å². The van der Waals surface area contributed by atoms with E-state index in [2.05, 4.69) is 34.6 Å². The van der Waals surface area contributed by atoms with Crippen molar-refractivity contribution in [1.29, 1.82) is 0 Å². The Bertz CT molecular complexity index is 1400. The number of benzene rings is 3. The predicted molar refractivity (Wildman–Crippen MR) is 122 cm³/mol. The van der Waals surface area contributed by atoms with E-state index in [1.807, 2.05) is 61.8 Å².